The number of anilines is 1. The molecule has 6 heteroatoms. The minimum absolute atomic E-state index is 0.113. The van der Waals surface area contributed by atoms with E-state index in [4.69, 9.17) is 11.6 Å². The first kappa shape index (κ1) is 16.0. The van der Waals surface area contributed by atoms with Gasteiger partial charge in [0.05, 0.1) is 23.4 Å². The van der Waals surface area contributed by atoms with Crippen molar-refractivity contribution in [1.29, 1.82) is 0 Å². The zero-order chi connectivity index (χ0) is 17.1. The topological polar surface area (TPSA) is 77.4 Å². The highest BCUT2D eigenvalue weighted by Gasteiger charge is 2.05. The summed E-state index contributed by atoms with van der Waals surface area (Å²) in [6.45, 7) is 1.98. The fourth-order valence-electron chi connectivity index (χ4n) is 2.29. The highest BCUT2D eigenvalue weighted by Crippen LogP contribution is 2.22. The van der Waals surface area contributed by atoms with Crippen LogP contribution in [0.2, 0.25) is 5.15 Å². The van der Waals surface area contributed by atoms with Gasteiger partial charge in [-0.3, -0.25) is 5.43 Å². The Morgan fingerprint density at radius 2 is 2.00 bits per heavy atom. The highest BCUT2D eigenvalue weighted by atomic mass is 35.5. The van der Waals surface area contributed by atoms with Crippen molar-refractivity contribution in [2.75, 3.05) is 5.43 Å². The van der Waals surface area contributed by atoms with Gasteiger partial charge in [0.2, 0.25) is 0 Å². The smallest absolute Gasteiger partial charge is 0.138 e. The van der Waals surface area contributed by atoms with E-state index >= 15 is 0 Å². The average Bonchev–Trinajstić information content (AvgIpc) is 2.57. The predicted molar refractivity (Wildman–Crippen MR) is 93.5 cm³/mol. The van der Waals surface area contributed by atoms with Gasteiger partial charge in [-0.05, 0) is 36.2 Å². The Morgan fingerprint density at radius 1 is 1.25 bits per heavy atom. The highest BCUT2D eigenvalue weighted by molar-refractivity contribution is 6.32. The van der Waals surface area contributed by atoms with E-state index in [-0.39, 0.29) is 5.56 Å². The first-order chi connectivity index (χ1) is 11.5. The van der Waals surface area contributed by atoms with Crippen LogP contribution in [0.1, 0.15) is 21.5 Å². The predicted octanol–water partition coefficient (Wildman–Crippen LogP) is 3.01. The standard InChI is InChI=1S/C18H14ClN3O2/c1-11-3-2-4-13-9-14(17(19)21-16(11)13)10-20-22-15-7-5-12(6-8-15)18(23)24/h2-10,22H,1H3,(H,23,24)/p-1/b20-10-. The Labute approximate surface area is 143 Å². The summed E-state index contributed by atoms with van der Waals surface area (Å²) in [5.74, 6) is -1.21. The fraction of sp³-hybridized carbons (Fsp3) is 0.0556. The number of rotatable bonds is 4. The summed E-state index contributed by atoms with van der Waals surface area (Å²) in [7, 11) is 0. The largest absolute Gasteiger partial charge is 0.545 e. The van der Waals surface area contributed by atoms with Crippen LogP contribution in [0.3, 0.4) is 0 Å². The number of aromatic nitrogens is 1. The van der Waals surface area contributed by atoms with E-state index in [1.54, 1.807) is 18.3 Å². The minimum Gasteiger partial charge on any atom is -0.545 e. The van der Waals surface area contributed by atoms with Crippen molar-refractivity contribution in [3.05, 3.63) is 70.4 Å². The van der Waals surface area contributed by atoms with Crippen LogP contribution in [0.15, 0.2) is 53.6 Å². The van der Waals surface area contributed by atoms with Gasteiger partial charge in [0.25, 0.3) is 0 Å². The molecule has 0 spiro atoms. The second-order valence-corrected chi connectivity index (χ2v) is 5.61. The van der Waals surface area contributed by atoms with E-state index in [0.717, 1.165) is 16.5 Å². The number of benzene rings is 2. The molecule has 0 radical (unpaired) electrons. The second kappa shape index (κ2) is 6.68. The van der Waals surface area contributed by atoms with Crippen molar-refractivity contribution >= 4 is 40.4 Å². The normalized spacial score (nSPS) is 11.1. The van der Waals surface area contributed by atoms with Gasteiger partial charge in [-0.25, -0.2) is 4.98 Å². The van der Waals surface area contributed by atoms with Crippen LogP contribution in [0, 0.1) is 6.92 Å². The van der Waals surface area contributed by atoms with Crippen LogP contribution < -0.4 is 10.5 Å². The van der Waals surface area contributed by atoms with E-state index in [2.05, 4.69) is 15.5 Å². The Morgan fingerprint density at radius 3 is 2.71 bits per heavy atom. The molecule has 0 saturated heterocycles. The molecule has 5 nitrogen and oxygen atoms in total. The van der Waals surface area contributed by atoms with Crippen LogP contribution in [-0.4, -0.2) is 17.2 Å². The molecule has 0 amide bonds. The number of carbonyl (C=O) groups excluding carboxylic acids is 1. The first-order valence-electron chi connectivity index (χ1n) is 7.21. The van der Waals surface area contributed by atoms with Gasteiger partial charge in [-0.15, -0.1) is 0 Å². The van der Waals surface area contributed by atoms with Crippen LogP contribution in [0.4, 0.5) is 5.69 Å². The molecule has 0 unspecified atom stereocenters. The van der Waals surface area contributed by atoms with E-state index in [1.807, 2.05) is 31.2 Å². The van der Waals surface area contributed by atoms with Gasteiger partial charge >= 0.3 is 0 Å². The molecule has 0 fully saturated rings. The third kappa shape index (κ3) is 3.36. The lowest BCUT2D eigenvalue weighted by molar-refractivity contribution is -0.255. The molecule has 24 heavy (non-hydrogen) atoms. The number of fused-ring (bicyclic) bond motifs is 1. The molecule has 0 atom stereocenters. The summed E-state index contributed by atoms with van der Waals surface area (Å²) in [6.07, 6.45) is 1.57. The number of pyridine rings is 1. The minimum atomic E-state index is -1.21. The average molecular weight is 339 g/mol. The Bertz CT molecular complexity index is 937. The second-order valence-electron chi connectivity index (χ2n) is 5.25. The molecular weight excluding hydrogens is 326 g/mol. The van der Waals surface area contributed by atoms with Gasteiger partial charge < -0.3 is 9.90 Å². The molecule has 0 aliphatic heterocycles. The fourth-order valence-corrected chi connectivity index (χ4v) is 2.48. The van der Waals surface area contributed by atoms with E-state index in [9.17, 15) is 9.90 Å². The maximum Gasteiger partial charge on any atom is 0.138 e. The molecule has 3 rings (SSSR count). The number of para-hydroxylation sites is 1. The van der Waals surface area contributed by atoms with Crippen molar-refractivity contribution < 1.29 is 9.90 Å². The van der Waals surface area contributed by atoms with Gasteiger partial charge in [-0.2, -0.15) is 5.10 Å². The van der Waals surface area contributed by atoms with Gasteiger partial charge in [-0.1, -0.05) is 41.9 Å². The van der Waals surface area contributed by atoms with Crippen LogP contribution in [-0.2, 0) is 0 Å². The maximum atomic E-state index is 10.7. The lowest BCUT2D eigenvalue weighted by Gasteiger charge is -2.05. The number of halogens is 1. The van der Waals surface area contributed by atoms with Crippen molar-refractivity contribution in [1.82, 2.24) is 4.98 Å². The number of carboxylic acids is 1. The van der Waals surface area contributed by atoms with Gasteiger partial charge in [0.15, 0.2) is 0 Å². The van der Waals surface area contributed by atoms with E-state index in [0.29, 0.717) is 16.4 Å². The third-order valence-electron chi connectivity index (χ3n) is 3.55. The summed E-state index contributed by atoms with van der Waals surface area (Å²) in [5, 5.41) is 16.2. The number of hydrogen-bond donors (Lipinski definition) is 1. The molecule has 0 saturated carbocycles. The molecule has 0 aliphatic rings. The van der Waals surface area contributed by atoms with E-state index in [1.165, 1.54) is 12.1 Å². The third-order valence-corrected chi connectivity index (χ3v) is 3.85. The summed E-state index contributed by atoms with van der Waals surface area (Å²) < 4.78 is 0. The molecule has 1 aromatic heterocycles. The lowest BCUT2D eigenvalue weighted by atomic mass is 10.1. The first-order valence-corrected chi connectivity index (χ1v) is 7.59. The number of hydrogen-bond acceptors (Lipinski definition) is 5. The monoisotopic (exact) mass is 338 g/mol. The molecule has 3 aromatic rings. The molecule has 0 aliphatic carbocycles. The summed E-state index contributed by atoms with van der Waals surface area (Å²) in [4.78, 5) is 15.1. The molecule has 1 N–H and O–H groups in total. The SMILES string of the molecule is Cc1cccc2cc(/C=N\Nc3ccc(C(=O)[O-])cc3)c(Cl)nc12. The van der Waals surface area contributed by atoms with Crippen molar-refractivity contribution in [2.24, 2.45) is 5.10 Å². The van der Waals surface area contributed by atoms with Gasteiger partial charge in [0.1, 0.15) is 5.15 Å². The quantitative estimate of drug-likeness (QED) is 0.450. The van der Waals surface area contributed by atoms with Crippen LogP contribution in [0.5, 0.6) is 0 Å². The number of hydrazone groups is 1. The number of nitrogens with zero attached hydrogens (tertiary/aromatic N) is 2. The lowest BCUT2D eigenvalue weighted by Crippen LogP contribution is -2.21. The molecule has 1 heterocycles. The zero-order valence-corrected chi connectivity index (χ0v) is 13.5. The number of carboxylic acid groups (broad SMARTS) is 1. The number of carbonyl (C=O) groups is 1. The molecular formula is C18H13ClN3O2-. The molecule has 120 valence electrons. The van der Waals surface area contributed by atoms with Gasteiger partial charge in [0, 0.05) is 10.9 Å². The summed E-state index contributed by atoms with van der Waals surface area (Å²) >= 11 is 6.21. The van der Waals surface area contributed by atoms with Crippen LogP contribution in [0.25, 0.3) is 10.9 Å². The molecule has 0 bridgehead atoms. The molecule has 2 aromatic carbocycles. The number of nitrogens with one attached hydrogen (secondary N) is 1. The maximum absolute atomic E-state index is 10.7. The Hall–Kier alpha value is -2.92. The van der Waals surface area contributed by atoms with Crippen molar-refractivity contribution in [2.45, 2.75) is 6.92 Å². The van der Waals surface area contributed by atoms with Crippen molar-refractivity contribution in [3.63, 3.8) is 0 Å². The van der Waals surface area contributed by atoms with Crippen LogP contribution >= 0.6 is 11.6 Å². The van der Waals surface area contributed by atoms with E-state index < -0.39 is 5.97 Å². The van der Waals surface area contributed by atoms with Crippen molar-refractivity contribution in [3.8, 4) is 0 Å². The Balaban J connectivity index is 1.80. The Kier molecular flexibility index (Phi) is 4.44. The number of aromatic carboxylic acids is 1. The summed E-state index contributed by atoms with van der Waals surface area (Å²) in [5.41, 5.74) is 6.19. The summed E-state index contributed by atoms with van der Waals surface area (Å²) in [6, 6.07) is 13.9. The number of aryl methyl sites for hydroxylation is 1. The zero-order valence-electron chi connectivity index (χ0n) is 12.8.